The van der Waals surface area contributed by atoms with Crippen molar-refractivity contribution in [2.45, 2.75) is 52.0 Å². The monoisotopic (exact) mass is 292 g/mol. The van der Waals surface area contributed by atoms with Crippen LogP contribution < -0.4 is 11.1 Å². The van der Waals surface area contributed by atoms with Crippen LogP contribution in [-0.2, 0) is 9.53 Å². The molecule has 0 aromatic carbocycles. The zero-order valence-corrected chi connectivity index (χ0v) is 13.0. The molecule has 5 heteroatoms. The lowest BCUT2D eigenvalue weighted by Gasteiger charge is -2.25. The van der Waals surface area contributed by atoms with Gasteiger partial charge in [-0.3, -0.25) is 4.79 Å². The molecule has 1 amide bonds. The van der Waals surface area contributed by atoms with Crippen LogP contribution in [0.3, 0.4) is 0 Å². The van der Waals surface area contributed by atoms with Gasteiger partial charge in [-0.25, -0.2) is 0 Å². The Morgan fingerprint density at radius 1 is 1.37 bits per heavy atom. The summed E-state index contributed by atoms with van der Waals surface area (Å²) in [4.78, 5) is 11.9. The van der Waals surface area contributed by atoms with E-state index in [1.165, 1.54) is 0 Å². The molecule has 0 aromatic heterocycles. The molecule has 2 atom stereocenters. The third kappa shape index (κ3) is 8.45. The summed E-state index contributed by atoms with van der Waals surface area (Å²) in [5.74, 6) is 0.936. The van der Waals surface area contributed by atoms with Gasteiger partial charge >= 0.3 is 0 Å². The number of hydrogen-bond acceptors (Lipinski definition) is 3. The molecule has 1 aliphatic carbocycles. The lowest BCUT2D eigenvalue weighted by atomic mass is 9.85. The Kier molecular flexibility index (Phi) is 10.3. The minimum Gasteiger partial charge on any atom is -0.380 e. The van der Waals surface area contributed by atoms with Crippen LogP contribution in [0.1, 0.15) is 46.0 Å². The highest BCUT2D eigenvalue weighted by Crippen LogP contribution is 2.22. The minimum absolute atomic E-state index is 0. The Morgan fingerprint density at radius 2 is 2.11 bits per heavy atom. The standard InChI is InChI=1S/C14H28N2O2.ClH/c1-11(2)6-8-18-9-7-16-14(17)12-4-3-5-13(15)10-12;/h11-13H,3-10,15H2,1-2H3,(H,16,17);1H. The molecular formula is C14H29ClN2O2. The van der Waals surface area contributed by atoms with Gasteiger partial charge in [0.1, 0.15) is 0 Å². The lowest BCUT2D eigenvalue weighted by molar-refractivity contribution is -0.126. The Hall–Kier alpha value is -0.320. The number of nitrogens with one attached hydrogen (secondary N) is 1. The number of hydrogen-bond donors (Lipinski definition) is 2. The average molecular weight is 293 g/mol. The molecule has 0 bridgehead atoms. The third-order valence-electron chi connectivity index (χ3n) is 3.47. The molecule has 1 saturated carbocycles. The first-order chi connectivity index (χ1) is 8.59. The summed E-state index contributed by atoms with van der Waals surface area (Å²) in [6.07, 6.45) is 5.02. The molecule has 1 fully saturated rings. The van der Waals surface area contributed by atoms with Gasteiger partial charge in [-0.05, 0) is 31.6 Å². The van der Waals surface area contributed by atoms with E-state index in [-0.39, 0.29) is 30.3 Å². The summed E-state index contributed by atoms with van der Waals surface area (Å²) in [6, 6.07) is 0.205. The van der Waals surface area contributed by atoms with Crippen LogP contribution in [0.2, 0.25) is 0 Å². The fourth-order valence-corrected chi connectivity index (χ4v) is 2.28. The smallest absolute Gasteiger partial charge is 0.223 e. The summed E-state index contributed by atoms with van der Waals surface area (Å²) in [7, 11) is 0. The second kappa shape index (κ2) is 10.5. The maximum atomic E-state index is 11.9. The van der Waals surface area contributed by atoms with Gasteiger partial charge in [0.15, 0.2) is 0 Å². The van der Waals surface area contributed by atoms with Gasteiger partial charge in [0.05, 0.1) is 6.61 Å². The van der Waals surface area contributed by atoms with Gasteiger partial charge in [-0.15, -0.1) is 12.4 Å². The number of ether oxygens (including phenoxy) is 1. The zero-order valence-electron chi connectivity index (χ0n) is 12.2. The predicted molar refractivity (Wildman–Crippen MR) is 80.5 cm³/mol. The molecule has 2 unspecified atom stereocenters. The molecule has 3 N–H and O–H groups in total. The van der Waals surface area contributed by atoms with Crippen LogP contribution in [0.25, 0.3) is 0 Å². The van der Waals surface area contributed by atoms with Crippen LogP contribution in [0.5, 0.6) is 0 Å². The number of halogens is 1. The summed E-state index contributed by atoms with van der Waals surface area (Å²) < 4.78 is 5.46. The molecule has 0 heterocycles. The molecule has 0 spiro atoms. The molecule has 0 aliphatic heterocycles. The molecular weight excluding hydrogens is 264 g/mol. The molecule has 114 valence electrons. The van der Waals surface area contributed by atoms with Crippen molar-refractivity contribution in [2.75, 3.05) is 19.8 Å². The average Bonchev–Trinajstić information content (AvgIpc) is 2.33. The van der Waals surface area contributed by atoms with E-state index in [4.69, 9.17) is 10.5 Å². The summed E-state index contributed by atoms with van der Waals surface area (Å²) in [5.41, 5.74) is 5.88. The largest absolute Gasteiger partial charge is 0.380 e. The van der Waals surface area contributed by atoms with E-state index in [2.05, 4.69) is 19.2 Å². The molecule has 0 aromatic rings. The van der Waals surface area contributed by atoms with Crippen LogP contribution in [0.4, 0.5) is 0 Å². The lowest BCUT2D eigenvalue weighted by Crippen LogP contribution is -2.38. The number of carbonyl (C=O) groups is 1. The highest BCUT2D eigenvalue weighted by molar-refractivity contribution is 5.85. The summed E-state index contributed by atoms with van der Waals surface area (Å²) >= 11 is 0. The Balaban J connectivity index is 0.00000324. The van der Waals surface area contributed by atoms with Crippen molar-refractivity contribution in [1.82, 2.24) is 5.32 Å². The first kappa shape index (κ1) is 18.7. The van der Waals surface area contributed by atoms with E-state index in [0.29, 0.717) is 19.1 Å². The molecule has 1 rings (SSSR count). The van der Waals surface area contributed by atoms with Crippen molar-refractivity contribution in [2.24, 2.45) is 17.6 Å². The fraction of sp³-hybridized carbons (Fsp3) is 0.929. The molecule has 19 heavy (non-hydrogen) atoms. The Morgan fingerprint density at radius 3 is 2.74 bits per heavy atom. The molecule has 0 saturated heterocycles. The Labute approximate surface area is 123 Å². The van der Waals surface area contributed by atoms with E-state index < -0.39 is 0 Å². The van der Waals surface area contributed by atoms with Crippen molar-refractivity contribution >= 4 is 18.3 Å². The van der Waals surface area contributed by atoms with Crippen molar-refractivity contribution < 1.29 is 9.53 Å². The summed E-state index contributed by atoms with van der Waals surface area (Å²) in [5, 5.41) is 2.94. The van der Waals surface area contributed by atoms with Crippen LogP contribution >= 0.6 is 12.4 Å². The predicted octanol–water partition coefficient (Wildman–Crippen LogP) is 2.10. The van der Waals surface area contributed by atoms with Gasteiger partial charge in [-0.2, -0.15) is 0 Å². The van der Waals surface area contributed by atoms with Crippen LogP contribution in [0.15, 0.2) is 0 Å². The van der Waals surface area contributed by atoms with Crippen molar-refractivity contribution in [3.8, 4) is 0 Å². The first-order valence-electron chi connectivity index (χ1n) is 7.20. The van der Waals surface area contributed by atoms with E-state index in [9.17, 15) is 4.79 Å². The van der Waals surface area contributed by atoms with Crippen LogP contribution in [-0.4, -0.2) is 31.7 Å². The van der Waals surface area contributed by atoms with E-state index >= 15 is 0 Å². The Bertz CT molecular complexity index is 250. The summed E-state index contributed by atoms with van der Waals surface area (Å²) in [6.45, 7) is 6.36. The van der Waals surface area contributed by atoms with Crippen molar-refractivity contribution in [3.63, 3.8) is 0 Å². The maximum Gasteiger partial charge on any atom is 0.223 e. The van der Waals surface area contributed by atoms with Gasteiger partial charge in [0.25, 0.3) is 0 Å². The van der Waals surface area contributed by atoms with E-state index in [0.717, 1.165) is 38.7 Å². The van der Waals surface area contributed by atoms with Gasteiger partial charge in [0, 0.05) is 25.1 Å². The molecule has 0 radical (unpaired) electrons. The first-order valence-corrected chi connectivity index (χ1v) is 7.20. The SMILES string of the molecule is CC(C)CCOCCNC(=O)C1CCCC(N)C1.Cl. The number of nitrogens with two attached hydrogens (primary N) is 1. The second-order valence-electron chi connectivity index (χ2n) is 5.71. The fourth-order valence-electron chi connectivity index (χ4n) is 2.28. The van der Waals surface area contributed by atoms with Gasteiger partial charge in [-0.1, -0.05) is 20.3 Å². The normalized spacial score (nSPS) is 22.9. The van der Waals surface area contributed by atoms with E-state index in [1.807, 2.05) is 0 Å². The third-order valence-corrected chi connectivity index (χ3v) is 3.47. The highest BCUT2D eigenvalue weighted by Gasteiger charge is 2.24. The second-order valence-corrected chi connectivity index (χ2v) is 5.71. The van der Waals surface area contributed by atoms with Gasteiger partial charge < -0.3 is 15.8 Å². The van der Waals surface area contributed by atoms with Gasteiger partial charge in [0.2, 0.25) is 5.91 Å². The minimum atomic E-state index is 0. The number of carbonyl (C=O) groups excluding carboxylic acids is 1. The number of rotatable bonds is 7. The maximum absolute atomic E-state index is 11.9. The van der Waals surface area contributed by atoms with Crippen molar-refractivity contribution in [3.05, 3.63) is 0 Å². The quantitative estimate of drug-likeness (QED) is 0.706. The topological polar surface area (TPSA) is 64.3 Å². The molecule has 4 nitrogen and oxygen atoms in total. The van der Waals surface area contributed by atoms with Crippen LogP contribution in [0, 0.1) is 11.8 Å². The highest BCUT2D eigenvalue weighted by atomic mass is 35.5. The zero-order chi connectivity index (χ0) is 13.4. The van der Waals surface area contributed by atoms with Crippen molar-refractivity contribution in [1.29, 1.82) is 0 Å². The number of amides is 1. The molecule has 1 aliphatic rings. The van der Waals surface area contributed by atoms with E-state index in [1.54, 1.807) is 0 Å².